The lowest BCUT2D eigenvalue weighted by molar-refractivity contribution is -0.385. The predicted octanol–water partition coefficient (Wildman–Crippen LogP) is 5.25. The summed E-state index contributed by atoms with van der Waals surface area (Å²) in [6.45, 7) is 12.5. The van der Waals surface area contributed by atoms with E-state index in [-0.39, 0.29) is 22.4 Å². The van der Waals surface area contributed by atoms with Crippen molar-refractivity contribution in [1.29, 1.82) is 0 Å². The molecule has 0 unspecified atom stereocenters. The van der Waals surface area contributed by atoms with Crippen LogP contribution in [0.3, 0.4) is 0 Å². The van der Waals surface area contributed by atoms with Gasteiger partial charge in [0.25, 0.3) is 5.69 Å². The van der Waals surface area contributed by atoms with E-state index in [1.54, 1.807) is 12.1 Å². The van der Waals surface area contributed by atoms with Crippen LogP contribution in [0.1, 0.15) is 62.0 Å². The molecule has 2 aromatic rings. The predicted molar refractivity (Wildman–Crippen MR) is 90.1 cm³/mol. The van der Waals surface area contributed by atoms with Gasteiger partial charge in [-0.25, -0.2) is 0 Å². The second kappa shape index (κ2) is 5.95. The number of hydrogen-bond acceptors (Lipinski definition) is 2. The lowest BCUT2D eigenvalue weighted by atomic mass is 9.91. The summed E-state index contributed by atoms with van der Waals surface area (Å²) >= 11 is 0. The molecule has 4 nitrogen and oxygen atoms in total. The third kappa shape index (κ3) is 2.78. The molecule has 22 heavy (non-hydrogen) atoms. The Hall–Kier alpha value is -2.10. The number of nitro groups is 1. The highest BCUT2D eigenvalue weighted by atomic mass is 16.6. The fraction of sp³-hybridized carbons (Fsp3) is 0.444. The van der Waals surface area contributed by atoms with E-state index in [2.05, 4.69) is 58.2 Å². The summed E-state index contributed by atoms with van der Waals surface area (Å²) in [5.41, 5.74) is 5.64. The van der Waals surface area contributed by atoms with Gasteiger partial charge in [0.05, 0.1) is 10.6 Å². The van der Waals surface area contributed by atoms with Gasteiger partial charge in [-0.15, -0.1) is 0 Å². The summed E-state index contributed by atoms with van der Waals surface area (Å²) < 4.78 is 2.22. The van der Waals surface area contributed by atoms with Gasteiger partial charge >= 0.3 is 0 Å². The van der Waals surface area contributed by atoms with Crippen molar-refractivity contribution in [2.24, 2.45) is 0 Å². The minimum Gasteiger partial charge on any atom is -0.318 e. The van der Waals surface area contributed by atoms with Crippen LogP contribution in [-0.2, 0) is 0 Å². The molecule has 0 N–H and O–H groups in total. The molecule has 0 radical (unpaired) electrons. The van der Waals surface area contributed by atoms with Crippen molar-refractivity contribution in [3.8, 4) is 5.69 Å². The number of rotatable bonds is 4. The molecule has 0 spiro atoms. The summed E-state index contributed by atoms with van der Waals surface area (Å²) in [4.78, 5) is 11.0. The first kappa shape index (κ1) is 16.3. The third-order valence-corrected chi connectivity index (χ3v) is 4.10. The van der Waals surface area contributed by atoms with Gasteiger partial charge in [0.2, 0.25) is 0 Å². The topological polar surface area (TPSA) is 48.1 Å². The zero-order valence-electron chi connectivity index (χ0n) is 14.2. The molecule has 4 heteroatoms. The first-order chi connectivity index (χ1) is 10.2. The molecule has 0 atom stereocenters. The van der Waals surface area contributed by atoms with Gasteiger partial charge in [0.15, 0.2) is 0 Å². The molecule has 0 aliphatic heterocycles. The second-order valence-electron chi connectivity index (χ2n) is 6.49. The average Bonchev–Trinajstić information content (AvgIpc) is 2.76. The zero-order valence-corrected chi connectivity index (χ0v) is 14.2. The van der Waals surface area contributed by atoms with Gasteiger partial charge in [-0.3, -0.25) is 10.1 Å². The number of nitrogens with zero attached hydrogens (tertiary/aromatic N) is 2. The second-order valence-corrected chi connectivity index (χ2v) is 6.49. The van der Waals surface area contributed by atoms with E-state index in [9.17, 15) is 10.1 Å². The summed E-state index contributed by atoms with van der Waals surface area (Å²) in [5.74, 6) is 0.433. The van der Waals surface area contributed by atoms with E-state index >= 15 is 0 Å². The monoisotopic (exact) mass is 300 g/mol. The molecule has 2 rings (SSSR count). The van der Waals surface area contributed by atoms with E-state index in [0.29, 0.717) is 0 Å². The largest absolute Gasteiger partial charge is 0.318 e. The summed E-state index contributed by atoms with van der Waals surface area (Å²) in [6.07, 6.45) is 0. The highest BCUT2D eigenvalue weighted by Gasteiger charge is 2.22. The summed E-state index contributed by atoms with van der Waals surface area (Å²) in [5, 5.41) is 11.3. The maximum absolute atomic E-state index is 11.3. The molecular formula is C18H24N2O2. The van der Waals surface area contributed by atoms with Crippen LogP contribution in [0, 0.1) is 24.0 Å². The molecule has 1 heterocycles. The fourth-order valence-corrected chi connectivity index (χ4v) is 2.93. The molecule has 0 bridgehead atoms. The molecular weight excluding hydrogens is 276 g/mol. The molecule has 118 valence electrons. The van der Waals surface area contributed by atoms with Gasteiger partial charge in [0.1, 0.15) is 0 Å². The average molecular weight is 300 g/mol. The van der Waals surface area contributed by atoms with Crippen LogP contribution < -0.4 is 0 Å². The Morgan fingerprint density at radius 1 is 0.955 bits per heavy atom. The number of aromatic nitrogens is 1. The highest BCUT2D eigenvalue weighted by Crippen LogP contribution is 2.36. The van der Waals surface area contributed by atoms with Crippen LogP contribution in [-0.4, -0.2) is 9.49 Å². The SMILES string of the molecule is Cc1ccc(C)n1-c1c(C(C)C)cc([N+](=O)[O-])cc1C(C)C. The van der Waals surface area contributed by atoms with Crippen LogP contribution in [0.5, 0.6) is 0 Å². The molecule has 0 aliphatic carbocycles. The van der Waals surface area contributed by atoms with Crippen molar-refractivity contribution < 1.29 is 4.92 Å². The quantitative estimate of drug-likeness (QED) is 0.572. The molecule has 1 aromatic heterocycles. The maximum atomic E-state index is 11.3. The molecule has 0 fully saturated rings. The lowest BCUT2D eigenvalue weighted by Gasteiger charge is -2.23. The molecule has 0 saturated carbocycles. The standard InChI is InChI=1S/C18H24N2O2/c1-11(2)16-9-15(20(21)22)10-17(12(3)4)18(16)19-13(5)7-8-14(19)6/h7-12H,1-6H3. The van der Waals surface area contributed by atoms with Crippen molar-refractivity contribution in [3.63, 3.8) is 0 Å². The lowest BCUT2D eigenvalue weighted by Crippen LogP contribution is -2.10. The molecule has 0 saturated heterocycles. The van der Waals surface area contributed by atoms with E-state index < -0.39 is 0 Å². The molecule has 1 aromatic carbocycles. The fourth-order valence-electron chi connectivity index (χ4n) is 2.93. The van der Waals surface area contributed by atoms with Crippen molar-refractivity contribution in [1.82, 2.24) is 4.57 Å². The summed E-state index contributed by atoms with van der Waals surface area (Å²) in [6, 6.07) is 7.63. The Kier molecular flexibility index (Phi) is 4.40. The Bertz CT molecular complexity index is 663. The van der Waals surface area contributed by atoms with Crippen molar-refractivity contribution in [2.75, 3.05) is 0 Å². The highest BCUT2D eigenvalue weighted by molar-refractivity contribution is 5.58. The third-order valence-electron chi connectivity index (χ3n) is 4.10. The minimum absolute atomic E-state index is 0.179. The van der Waals surface area contributed by atoms with Crippen LogP contribution in [0.15, 0.2) is 24.3 Å². The van der Waals surface area contributed by atoms with Gasteiger partial charge in [0, 0.05) is 23.5 Å². The van der Waals surface area contributed by atoms with Crippen LogP contribution in [0.4, 0.5) is 5.69 Å². The van der Waals surface area contributed by atoms with Gasteiger partial charge in [-0.05, 0) is 48.9 Å². The van der Waals surface area contributed by atoms with Gasteiger partial charge in [-0.1, -0.05) is 27.7 Å². The Labute approximate surface area is 131 Å². The number of hydrogen-bond donors (Lipinski definition) is 0. The molecule has 0 aliphatic rings. The normalized spacial score (nSPS) is 11.5. The maximum Gasteiger partial charge on any atom is 0.270 e. The smallest absolute Gasteiger partial charge is 0.270 e. The number of non-ortho nitro benzene ring substituents is 1. The number of aryl methyl sites for hydroxylation is 2. The zero-order chi connectivity index (χ0) is 16.6. The van der Waals surface area contributed by atoms with Crippen molar-refractivity contribution in [2.45, 2.75) is 53.4 Å². The van der Waals surface area contributed by atoms with E-state index in [4.69, 9.17) is 0 Å². The minimum atomic E-state index is -0.295. The van der Waals surface area contributed by atoms with E-state index in [1.807, 2.05) is 0 Å². The van der Waals surface area contributed by atoms with Gasteiger partial charge in [-0.2, -0.15) is 0 Å². The number of benzene rings is 1. The van der Waals surface area contributed by atoms with Crippen molar-refractivity contribution >= 4 is 5.69 Å². The van der Waals surface area contributed by atoms with Crippen LogP contribution in [0.25, 0.3) is 5.69 Å². The number of nitro benzene ring substituents is 1. The van der Waals surface area contributed by atoms with Crippen LogP contribution in [0.2, 0.25) is 0 Å². The Balaban J connectivity index is 2.89. The van der Waals surface area contributed by atoms with Gasteiger partial charge < -0.3 is 4.57 Å². The Morgan fingerprint density at radius 3 is 1.68 bits per heavy atom. The molecule has 0 amide bonds. The first-order valence-corrected chi connectivity index (χ1v) is 7.71. The van der Waals surface area contributed by atoms with E-state index in [0.717, 1.165) is 28.2 Å². The van der Waals surface area contributed by atoms with Crippen molar-refractivity contribution in [3.05, 3.63) is 56.9 Å². The summed E-state index contributed by atoms with van der Waals surface area (Å²) in [7, 11) is 0. The van der Waals surface area contributed by atoms with E-state index in [1.165, 1.54) is 0 Å². The van der Waals surface area contributed by atoms with Crippen LogP contribution >= 0.6 is 0 Å². The first-order valence-electron chi connectivity index (χ1n) is 7.71. The Morgan fingerprint density at radius 2 is 1.36 bits per heavy atom.